The number of benzene rings is 2. The molecule has 0 aliphatic rings. The van der Waals surface area contributed by atoms with Gasteiger partial charge in [-0.3, -0.25) is 25.0 Å². The molecule has 0 atom stereocenters. The maximum Gasteiger partial charge on any atom is 0.271 e. The van der Waals surface area contributed by atoms with Gasteiger partial charge >= 0.3 is 0 Å². The molecule has 0 aromatic heterocycles. The fourth-order valence-corrected chi connectivity index (χ4v) is 1.88. The standard InChI is InChI=1S/C16H11N5O5/c17-9-11(10-18-12-4-6-14(7-5-12)20(23)24)16(22)19-13-2-1-3-15(8-13)21(25)26/h1-8,10,18H,(H,19,22)/b11-10-. The Hall–Kier alpha value is -4.26. The second kappa shape index (κ2) is 8.02. The van der Waals surface area contributed by atoms with Gasteiger partial charge in [0.05, 0.1) is 9.85 Å². The number of hydrogen-bond donors (Lipinski definition) is 2. The van der Waals surface area contributed by atoms with Crippen molar-refractivity contribution in [2.75, 3.05) is 10.6 Å². The molecular weight excluding hydrogens is 342 g/mol. The van der Waals surface area contributed by atoms with E-state index in [9.17, 15) is 25.0 Å². The number of nitrogens with one attached hydrogen (secondary N) is 2. The van der Waals surface area contributed by atoms with Crippen LogP contribution in [0.1, 0.15) is 0 Å². The normalized spacial score (nSPS) is 10.5. The van der Waals surface area contributed by atoms with E-state index in [-0.39, 0.29) is 22.6 Å². The average Bonchev–Trinajstić information content (AvgIpc) is 2.62. The fourth-order valence-electron chi connectivity index (χ4n) is 1.88. The van der Waals surface area contributed by atoms with Gasteiger partial charge in [0.2, 0.25) is 0 Å². The third-order valence-electron chi connectivity index (χ3n) is 3.14. The SMILES string of the molecule is N#C/C(=C/Nc1ccc([N+](=O)[O-])cc1)C(=O)Nc1cccc([N+](=O)[O-])c1. The van der Waals surface area contributed by atoms with Crippen molar-refractivity contribution in [1.29, 1.82) is 5.26 Å². The lowest BCUT2D eigenvalue weighted by atomic mass is 10.2. The highest BCUT2D eigenvalue weighted by atomic mass is 16.6. The molecule has 0 aliphatic heterocycles. The first-order valence-electron chi connectivity index (χ1n) is 7.08. The zero-order valence-corrected chi connectivity index (χ0v) is 13.1. The first-order chi connectivity index (χ1) is 12.4. The van der Waals surface area contributed by atoms with Crippen molar-refractivity contribution >= 4 is 28.7 Å². The van der Waals surface area contributed by atoms with Gasteiger partial charge in [0.15, 0.2) is 0 Å². The summed E-state index contributed by atoms with van der Waals surface area (Å²) in [7, 11) is 0. The van der Waals surface area contributed by atoms with Crippen LogP contribution in [0.15, 0.2) is 60.3 Å². The fraction of sp³-hybridized carbons (Fsp3) is 0. The molecule has 130 valence electrons. The molecule has 0 unspecified atom stereocenters. The number of nitrogens with zero attached hydrogens (tertiary/aromatic N) is 3. The molecule has 0 saturated heterocycles. The Morgan fingerprint density at radius 3 is 2.23 bits per heavy atom. The van der Waals surface area contributed by atoms with Crippen LogP contribution in [-0.4, -0.2) is 15.8 Å². The van der Waals surface area contributed by atoms with Gasteiger partial charge in [0.1, 0.15) is 11.6 Å². The van der Waals surface area contributed by atoms with Crippen LogP contribution in [0.25, 0.3) is 0 Å². The second-order valence-electron chi connectivity index (χ2n) is 4.88. The van der Waals surface area contributed by atoms with Crippen LogP contribution in [0.5, 0.6) is 0 Å². The summed E-state index contributed by atoms with van der Waals surface area (Å²) in [6.07, 6.45) is 1.13. The maximum atomic E-state index is 12.1. The van der Waals surface area contributed by atoms with Gasteiger partial charge in [-0.1, -0.05) is 6.07 Å². The van der Waals surface area contributed by atoms with Gasteiger partial charge in [-0.25, -0.2) is 0 Å². The van der Waals surface area contributed by atoms with Gasteiger partial charge in [0.25, 0.3) is 17.3 Å². The molecule has 0 heterocycles. The summed E-state index contributed by atoms with van der Waals surface area (Å²) in [5.41, 5.74) is 0.0276. The predicted octanol–water partition coefficient (Wildman–Crippen LogP) is 2.96. The van der Waals surface area contributed by atoms with E-state index in [0.29, 0.717) is 5.69 Å². The molecule has 0 aliphatic carbocycles. The lowest BCUT2D eigenvalue weighted by molar-refractivity contribution is -0.385. The van der Waals surface area contributed by atoms with E-state index in [4.69, 9.17) is 5.26 Å². The summed E-state index contributed by atoms with van der Waals surface area (Å²) in [4.78, 5) is 32.3. The first-order valence-corrected chi connectivity index (χ1v) is 7.08. The summed E-state index contributed by atoms with van der Waals surface area (Å²) in [6, 6.07) is 12.4. The van der Waals surface area contributed by atoms with Crippen molar-refractivity contribution in [3.8, 4) is 6.07 Å². The third-order valence-corrected chi connectivity index (χ3v) is 3.14. The Morgan fingerprint density at radius 1 is 1.00 bits per heavy atom. The van der Waals surface area contributed by atoms with Crippen molar-refractivity contribution < 1.29 is 14.6 Å². The highest BCUT2D eigenvalue weighted by Gasteiger charge is 2.12. The molecule has 0 radical (unpaired) electrons. The Bertz CT molecular complexity index is 931. The molecule has 1 amide bonds. The number of hydrogen-bond acceptors (Lipinski definition) is 7. The summed E-state index contributed by atoms with van der Waals surface area (Å²) < 4.78 is 0. The predicted molar refractivity (Wildman–Crippen MR) is 92.1 cm³/mol. The van der Waals surface area contributed by atoms with Crippen LogP contribution < -0.4 is 10.6 Å². The molecule has 0 bridgehead atoms. The average molecular weight is 353 g/mol. The zero-order chi connectivity index (χ0) is 19.1. The van der Waals surface area contributed by atoms with Crippen molar-refractivity contribution in [2.24, 2.45) is 0 Å². The number of carbonyl (C=O) groups excluding carboxylic acids is 1. The number of nitro groups is 2. The molecule has 10 heteroatoms. The van der Waals surface area contributed by atoms with Crippen molar-refractivity contribution in [1.82, 2.24) is 0 Å². The van der Waals surface area contributed by atoms with E-state index >= 15 is 0 Å². The minimum absolute atomic E-state index is 0.0940. The third kappa shape index (κ3) is 4.62. The van der Waals surface area contributed by atoms with E-state index in [2.05, 4.69) is 10.6 Å². The molecule has 2 aromatic rings. The van der Waals surface area contributed by atoms with E-state index in [0.717, 1.165) is 12.3 Å². The molecule has 0 fully saturated rings. The molecule has 2 rings (SSSR count). The maximum absolute atomic E-state index is 12.1. The number of nitriles is 1. The van der Waals surface area contributed by atoms with Gasteiger partial charge in [-0.15, -0.1) is 0 Å². The number of amides is 1. The van der Waals surface area contributed by atoms with Crippen LogP contribution in [-0.2, 0) is 4.79 Å². The van der Waals surface area contributed by atoms with Gasteiger partial charge in [-0.2, -0.15) is 5.26 Å². The molecule has 2 N–H and O–H groups in total. The van der Waals surface area contributed by atoms with E-state index in [1.165, 1.54) is 42.5 Å². The smallest absolute Gasteiger partial charge is 0.271 e. The first kappa shape index (κ1) is 18.1. The minimum Gasteiger partial charge on any atom is -0.360 e. The highest BCUT2D eigenvalue weighted by Crippen LogP contribution is 2.18. The van der Waals surface area contributed by atoms with Crippen molar-refractivity contribution in [2.45, 2.75) is 0 Å². The van der Waals surface area contributed by atoms with E-state index < -0.39 is 15.8 Å². The molecule has 0 saturated carbocycles. The number of non-ortho nitro benzene ring substituents is 2. The monoisotopic (exact) mass is 353 g/mol. The van der Waals surface area contributed by atoms with Crippen LogP contribution in [0.4, 0.5) is 22.7 Å². The molecular formula is C16H11N5O5. The lowest BCUT2D eigenvalue weighted by Crippen LogP contribution is -2.14. The Morgan fingerprint density at radius 2 is 1.65 bits per heavy atom. The second-order valence-corrected chi connectivity index (χ2v) is 4.88. The van der Waals surface area contributed by atoms with Crippen LogP contribution in [0.2, 0.25) is 0 Å². The Balaban J connectivity index is 2.09. The van der Waals surface area contributed by atoms with Crippen molar-refractivity contribution in [3.05, 3.63) is 80.5 Å². The van der Waals surface area contributed by atoms with E-state index in [1.807, 2.05) is 0 Å². The van der Waals surface area contributed by atoms with Gasteiger partial charge < -0.3 is 10.6 Å². The molecule has 0 spiro atoms. The number of rotatable bonds is 6. The van der Waals surface area contributed by atoms with Crippen LogP contribution in [0.3, 0.4) is 0 Å². The van der Waals surface area contributed by atoms with Crippen LogP contribution in [0, 0.1) is 31.6 Å². The summed E-state index contributed by atoms with van der Waals surface area (Å²) in [6.45, 7) is 0. The lowest BCUT2D eigenvalue weighted by Gasteiger charge is -2.05. The summed E-state index contributed by atoms with van der Waals surface area (Å²) >= 11 is 0. The molecule has 2 aromatic carbocycles. The summed E-state index contributed by atoms with van der Waals surface area (Å²) in [5.74, 6) is -0.762. The summed E-state index contributed by atoms with van der Waals surface area (Å²) in [5, 5.41) is 35.5. The largest absolute Gasteiger partial charge is 0.360 e. The minimum atomic E-state index is -0.762. The number of anilines is 2. The van der Waals surface area contributed by atoms with Crippen molar-refractivity contribution in [3.63, 3.8) is 0 Å². The zero-order valence-electron chi connectivity index (χ0n) is 13.1. The van der Waals surface area contributed by atoms with Gasteiger partial charge in [-0.05, 0) is 18.2 Å². The number of carbonyl (C=O) groups is 1. The topological polar surface area (TPSA) is 151 Å². The highest BCUT2D eigenvalue weighted by molar-refractivity contribution is 6.06. The number of nitro benzene ring substituents is 2. The molecule has 10 nitrogen and oxygen atoms in total. The van der Waals surface area contributed by atoms with Crippen LogP contribution >= 0.6 is 0 Å². The Kier molecular flexibility index (Phi) is 5.58. The van der Waals surface area contributed by atoms with E-state index in [1.54, 1.807) is 6.07 Å². The Labute approximate surface area is 146 Å². The molecule has 26 heavy (non-hydrogen) atoms. The van der Waals surface area contributed by atoms with Gasteiger partial charge in [0, 0.05) is 41.8 Å². The quantitative estimate of drug-likeness (QED) is 0.350.